The molecular weight excluding hydrogens is 471 g/mol. The highest BCUT2D eigenvalue weighted by atomic mass is 35.5. The van der Waals surface area contributed by atoms with Gasteiger partial charge >= 0.3 is 0 Å². The van der Waals surface area contributed by atoms with Crippen molar-refractivity contribution in [3.05, 3.63) is 55.8 Å². The smallest absolute Gasteiger partial charge is 0.269 e. The Kier molecular flexibility index (Phi) is 5.38. The van der Waals surface area contributed by atoms with Crippen LogP contribution in [0.4, 0.5) is 10.8 Å². The van der Waals surface area contributed by atoms with Gasteiger partial charge in [0.15, 0.2) is 5.13 Å². The number of rotatable bonds is 3. The molecule has 0 saturated heterocycles. The molecule has 1 aliphatic carbocycles. The van der Waals surface area contributed by atoms with Gasteiger partial charge in [-0.1, -0.05) is 36.2 Å². The number of thiophene rings is 1. The van der Waals surface area contributed by atoms with E-state index in [0.717, 1.165) is 40.7 Å². The average molecular weight is 489 g/mol. The highest BCUT2D eigenvalue weighted by Crippen LogP contribution is 2.37. The molecule has 158 valence electrons. The Hall–Kier alpha value is -2.19. The Morgan fingerprint density at radius 2 is 2.06 bits per heavy atom. The number of aromatic nitrogens is 2. The van der Waals surface area contributed by atoms with Crippen molar-refractivity contribution in [2.75, 3.05) is 11.1 Å². The molecule has 0 radical (unpaired) electrons. The number of carbonyl (C=O) groups is 1. The lowest BCUT2D eigenvalue weighted by Gasteiger charge is -2.20. The minimum absolute atomic E-state index is 0.276. The summed E-state index contributed by atoms with van der Waals surface area (Å²) in [7, 11) is 0. The molecule has 0 aliphatic heterocycles. The van der Waals surface area contributed by atoms with Crippen LogP contribution in [0.1, 0.15) is 34.3 Å². The summed E-state index contributed by atoms with van der Waals surface area (Å²) in [4.78, 5) is 23.5. The number of amides is 1. The zero-order valence-electron chi connectivity index (χ0n) is 16.5. The van der Waals surface area contributed by atoms with E-state index in [1.54, 1.807) is 12.1 Å². The number of halogens is 2. The van der Waals surface area contributed by atoms with Gasteiger partial charge in [-0.05, 0) is 48.9 Å². The zero-order valence-corrected chi connectivity index (χ0v) is 19.7. The Bertz CT molecular complexity index is 1330. The summed E-state index contributed by atoms with van der Waals surface area (Å²) >= 11 is 14.8. The molecule has 1 aromatic carbocycles. The number of nitrogens with zero attached hydrogens (tertiary/aromatic N) is 2. The molecule has 5 rings (SSSR count). The van der Waals surface area contributed by atoms with Crippen molar-refractivity contribution < 1.29 is 4.79 Å². The maximum Gasteiger partial charge on any atom is 0.269 e. The number of fused-ring (bicyclic) bond motifs is 2. The van der Waals surface area contributed by atoms with Crippen LogP contribution in [-0.4, -0.2) is 15.9 Å². The van der Waals surface area contributed by atoms with Crippen molar-refractivity contribution in [3.63, 3.8) is 0 Å². The molecule has 0 spiro atoms. The average Bonchev–Trinajstić information content (AvgIpc) is 3.33. The van der Waals surface area contributed by atoms with E-state index < -0.39 is 0 Å². The van der Waals surface area contributed by atoms with E-state index in [-0.39, 0.29) is 5.91 Å². The molecule has 4 aromatic rings. The number of thiazole rings is 1. The Balaban J connectivity index is 1.41. The molecule has 5 nitrogen and oxygen atoms in total. The SMILES string of the molecule is CC1CCc2nc3sc(C(=O)Nc4nc(-c5ccc(Cl)c(Cl)c5)cs4)c(N)c3cc2C1. The lowest BCUT2D eigenvalue weighted by Crippen LogP contribution is -2.12. The summed E-state index contributed by atoms with van der Waals surface area (Å²) < 4.78 is 0. The van der Waals surface area contributed by atoms with Crippen LogP contribution in [0.5, 0.6) is 0 Å². The quantitative estimate of drug-likeness (QED) is 0.336. The van der Waals surface area contributed by atoms with Crippen molar-refractivity contribution in [2.45, 2.75) is 26.2 Å². The molecule has 1 aliphatic rings. The van der Waals surface area contributed by atoms with Crippen molar-refractivity contribution in [1.29, 1.82) is 0 Å². The van der Waals surface area contributed by atoms with Crippen LogP contribution in [0.2, 0.25) is 10.0 Å². The number of carbonyl (C=O) groups excluding carboxylic acids is 1. The van der Waals surface area contributed by atoms with Crippen LogP contribution in [0.3, 0.4) is 0 Å². The van der Waals surface area contributed by atoms with Gasteiger partial charge in [0.2, 0.25) is 0 Å². The number of nitrogens with one attached hydrogen (secondary N) is 1. The minimum Gasteiger partial charge on any atom is -0.397 e. The van der Waals surface area contributed by atoms with Gasteiger partial charge in [0, 0.05) is 22.0 Å². The molecule has 0 fully saturated rings. The van der Waals surface area contributed by atoms with Crippen LogP contribution in [0.15, 0.2) is 29.6 Å². The summed E-state index contributed by atoms with van der Waals surface area (Å²) in [5, 5.41) is 7.02. The summed E-state index contributed by atoms with van der Waals surface area (Å²) in [5.74, 6) is 0.367. The number of hydrogen-bond acceptors (Lipinski definition) is 6. The number of nitrogen functional groups attached to an aromatic ring is 1. The van der Waals surface area contributed by atoms with E-state index in [0.29, 0.717) is 37.4 Å². The summed E-state index contributed by atoms with van der Waals surface area (Å²) in [6.07, 6.45) is 3.12. The standard InChI is InChI=1S/C22H18Cl2N4OS2/c1-10-2-5-16-12(6-10)7-13-18(25)19(31-21(13)26-16)20(29)28-22-27-17(9-30-22)11-3-4-14(23)15(24)8-11/h3-4,7-10H,2,5-6,25H2,1H3,(H,27,28,29). The third kappa shape index (κ3) is 3.91. The Labute approximate surface area is 197 Å². The summed E-state index contributed by atoms with van der Waals surface area (Å²) in [5.41, 5.74) is 10.8. The lowest BCUT2D eigenvalue weighted by molar-refractivity contribution is 0.103. The van der Waals surface area contributed by atoms with Crippen molar-refractivity contribution in [3.8, 4) is 11.3 Å². The monoisotopic (exact) mass is 488 g/mol. The minimum atomic E-state index is -0.276. The second-order valence-corrected chi connectivity index (χ2v) is 10.4. The van der Waals surface area contributed by atoms with E-state index >= 15 is 0 Å². The molecule has 1 amide bonds. The molecular formula is C22H18Cl2N4OS2. The van der Waals surface area contributed by atoms with E-state index in [9.17, 15) is 4.79 Å². The summed E-state index contributed by atoms with van der Waals surface area (Å²) in [6, 6.07) is 7.43. The number of aryl methyl sites for hydroxylation is 1. The van der Waals surface area contributed by atoms with Crippen molar-refractivity contribution in [2.24, 2.45) is 5.92 Å². The third-order valence-corrected chi connectivity index (χ3v) is 8.09. The van der Waals surface area contributed by atoms with Gasteiger partial charge in [-0.3, -0.25) is 10.1 Å². The summed E-state index contributed by atoms with van der Waals surface area (Å²) in [6.45, 7) is 2.25. The zero-order chi connectivity index (χ0) is 21.7. The molecule has 9 heteroatoms. The largest absolute Gasteiger partial charge is 0.397 e. The molecule has 0 bridgehead atoms. The molecule has 3 N–H and O–H groups in total. The molecule has 31 heavy (non-hydrogen) atoms. The third-order valence-electron chi connectivity index (χ3n) is 5.48. The second-order valence-electron chi connectivity index (χ2n) is 7.76. The van der Waals surface area contributed by atoms with Crippen molar-refractivity contribution in [1.82, 2.24) is 9.97 Å². The van der Waals surface area contributed by atoms with Crippen molar-refractivity contribution >= 4 is 72.8 Å². The number of nitrogens with two attached hydrogens (primary N) is 1. The van der Waals surface area contributed by atoms with E-state index in [1.807, 2.05) is 11.4 Å². The van der Waals surface area contributed by atoms with Gasteiger partial charge in [0.05, 0.1) is 21.4 Å². The highest BCUT2D eigenvalue weighted by molar-refractivity contribution is 7.21. The van der Waals surface area contributed by atoms with Gasteiger partial charge in [0.1, 0.15) is 9.71 Å². The second kappa shape index (κ2) is 8.06. The van der Waals surface area contributed by atoms with Gasteiger partial charge in [-0.15, -0.1) is 22.7 Å². The van der Waals surface area contributed by atoms with Crippen LogP contribution in [0.25, 0.3) is 21.5 Å². The predicted octanol–water partition coefficient (Wildman–Crippen LogP) is 6.69. The molecule has 3 heterocycles. The maximum atomic E-state index is 12.9. The number of benzene rings is 1. The molecule has 1 atom stereocenters. The lowest BCUT2D eigenvalue weighted by atomic mass is 9.87. The first kappa shape index (κ1) is 20.7. The Morgan fingerprint density at radius 1 is 1.23 bits per heavy atom. The molecule has 1 unspecified atom stereocenters. The fourth-order valence-corrected chi connectivity index (χ4v) is 5.82. The van der Waals surface area contributed by atoms with Gasteiger partial charge in [-0.25, -0.2) is 9.97 Å². The van der Waals surface area contributed by atoms with Gasteiger partial charge in [0.25, 0.3) is 5.91 Å². The van der Waals surface area contributed by atoms with Crippen LogP contribution >= 0.6 is 45.9 Å². The topological polar surface area (TPSA) is 80.9 Å². The normalized spacial score (nSPS) is 15.8. The fraction of sp³-hybridized carbons (Fsp3) is 0.227. The number of anilines is 2. The predicted molar refractivity (Wildman–Crippen MR) is 131 cm³/mol. The maximum absolute atomic E-state index is 12.9. The molecule has 0 saturated carbocycles. The first-order chi connectivity index (χ1) is 14.9. The van der Waals surface area contributed by atoms with Crippen LogP contribution in [0, 0.1) is 5.92 Å². The first-order valence-corrected chi connectivity index (χ1v) is 12.3. The van der Waals surface area contributed by atoms with Crippen LogP contribution < -0.4 is 11.1 Å². The van der Waals surface area contributed by atoms with Gasteiger partial charge in [-0.2, -0.15) is 0 Å². The number of hydrogen-bond donors (Lipinski definition) is 2. The van der Waals surface area contributed by atoms with Gasteiger partial charge < -0.3 is 5.73 Å². The first-order valence-electron chi connectivity index (χ1n) is 9.82. The highest BCUT2D eigenvalue weighted by Gasteiger charge is 2.23. The van der Waals surface area contributed by atoms with E-state index in [1.165, 1.54) is 28.2 Å². The van der Waals surface area contributed by atoms with E-state index in [2.05, 4.69) is 23.3 Å². The molecule has 3 aromatic heterocycles. The Morgan fingerprint density at radius 3 is 2.87 bits per heavy atom. The fourth-order valence-electron chi connectivity index (χ4n) is 3.81. The van der Waals surface area contributed by atoms with Crippen LogP contribution in [-0.2, 0) is 12.8 Å². The van der Waals surface area contributed by atoms with E-state index in [4.69, 9.17) is 33.9 Å². The number of pyridine rings is 1.